The van der Waals surface area contributed by atoms with Crippen LogP contribution in [0.5, 0.6) is 0 Å². The molecular formula is C19H36N4O9. The first-order valence-corrected chi connectivity index (χ1v) is 10.4. The lowest BCUT2D eigenvalue weighted by Gasteiger charge is -2.42. The molecule has 2 amide bonds. The van der Waals surface area contributed by atoms with Crippen LogP contribution in [0, 0.1) is 5.92 Å². The number of primary amides is 1. The van der Waals surface area contributed by atoms with Crippen molar-refractivity contribution < 1.29 is 44.3 Å². The highest BCUT2D eigenvalue weighted by molar-refractivity contribution is 5.89. The van der Waals surface area contributed by atoms with Crippen LogP contribution in [0.3, 0.4) is 0 Å². The number of carbonyl (C=O) groups is 3. The molecule has 0 saturated carbocycles. The minimum absolute atomic E-state index is 0.219. The number of hydrogen-bond donors (Lipinski definition) is 7. The van der Waals surface area contributed by atoms with Crippen LogP contribution in [-0.2, 0) is 23.9 Å². The van der Waals surface area contributed by atoms with E-state index >= 15 is 0 Å². The van der Waals surface area contributed by atoms with Crippen LogP contribution in [0.4, 0.5) is 0 Å². The first-order valence-electron chi connectivity index (χ1n) is 10.4. The van der Waals surface area contributed by atoms with E-state index in [0.717, 1.165) is 4.90 Å². The average Bonchev–Trinajstić information content (AvgIpc) is 2.71. The second-order valence-electron chi connectivity index (χ2n) is 8.34. The molecule has 1 rings (SSSR count). The number of aliphatic hydroxyl groups is 3. The van der Waals surface area contributed by atoms with E-state index in [2.05, 4.69) is 0 Å². The molecule has 0 aromatic carbocycles. The molecule has 0 radical (unpaired) electrons. The van der Waals surface area contributed by atoms with Gasteiger partial charge in [-0.2, -0.15) is 0 Å². The van der Waals surface area contributed by atoms with Crippen molar-refractivity contribution >= 4 is 17.8 Å². The van der Waals surface area contributed by atoms with Crippen molar-refractivity contribution in [2.24, 2.45) is 23.1 Å². The molecule has 13 nitrogen and oxygen atoms in total. The number of carboxylic acid groups (broad SMARTS) is 1. The fraction of sp³-hybridized carbons (Fsp3) is 0.842. The van der Waals surface area contributed by atoms with E-state index < -0.39 is 79.6 Å². The SMILES string of the molecule is CC(CN(C(=O)[C@@H](N)C(C)C)[C@H](CCC(=O)O)C(N)=O)O[C@@H]1[C@@H](N)[C@@H](O)O[C@H](CO)[C@H]1O. The third-order valence-electron chi connectivity index (χ3n) is 5.39. The van der Waals surface area contributed by atoms with Crippen LogP contribution in [0.25, 0.3) is 0 Å². The number of carbonyl (C=O) groups excluding carboxylic acids is 2. The largest absolute Gasteiger partial charge is 0.481 e. The monoisotopic (exact) mass is 464 g/mol. The van der Waals surface area contributed by atoms with Gasteiger partial charge >= 0.3 is 5.97 Å². The minimum atomic E-state index is -1.51. The van der Waals surface area contributed by atoms with Gasteiger partial charge in [0.1, 0.15) is 24.4 Å². The van der Waals surface area contributed by atoms with Gasteiger partial charge in [-0.3, -0.25) is 14.4 Å². The summed E-state index contributed by atoms with van der Waals surface area (Å²) in [5, 5.41) is 38.6. The maximum Gasteiger partial charge on any atom is 0.303 e. The molecule has 0 bridgehead atoms. The first-order chi connectivity index (χ1) is 14.8. The molecule has 0 aromatic heterocycles. The molecule has 1 unspecified atom stereocenters. The number of nitrogens with zero attached hydrogens (tertiary/aromatic N) is 1. The molecule has 0 spiro atoms. The summed E-state index contributed by atoms with van der Waals surface area (Å²) >= 11 is 0. The zero-order valence-electron chi connectivity index (χ0n) is 18.5. The molecule has 32 heavy (non-hydrogen) atoms. The van der Waals surface area contributed by atoms with E-state index in [1.807, 2.05) is 0 Å². The summed E-state index contributed by atoms with van der Waals surface area (Å²) < 4.78 is 10.8. The molecule has 1 aliphatic rings. The van der Waals surface area contributed by atoms with Crippen molar-refractivity contribution in [3.8, 4) is 0 Å². The van der Waals surface area contributed by atoms with Crippen molar-refractivity contribution in [2.75, 3.05) is 13.2 Å². The van der Waals surface area contributed by atoms with Gasteiger partial charge < -0.3 is 52.0 Å². The summed E-state index contributed by atoms with van der Waals surface area (Å²) in [7, 11) is 0. The lowest BCUT2D eigenvalue weighted by Crippen LogP contribution is -2.64. The number of amides is 2. The van der Waals surface area contributed by atoms with Crippen molar-refractivity contribution in [1.82, 2.24) is 4.90 Å². The van der Waals surface area contributed by atoms with Gasteiger partial charge in [0.15, 0.2) is 6.29 Å². The summed E-state index contributed by atoms with van der Waals surface area (Å²) in [5.74, 6) is -2.96. The van der Waals surface area contributed by atoms with Crippen LogP contribution >= 0.6 is 0 Å². The Morgan fingerprint density at radius 2 is 1.78 bits per heavy atom. The Bertz CT molecular complexity index is 650. The predicted molar refractivity (Wildman–Crippen MR) is 111 cm³/mol. The Morgan fingerprint density at radius 3 is 2.25 bits per heavy atom. The number of aliphatic carboxylic acids is 1. The van der Waals surface area contributed by atoms with Gasteiger partial charge in [-0.1, -0.05) is 13.8 Å². The van der Waals surface area contributed by atoms with E-state index in [4.69, 9.17) is 31.8 Å². The Kier molecular flexibility index (Phi) is 10.9. The zero-order valence-corrected chi connectivity index (χ0v) is 18.5. The Morgan fingerprint density at radius 1 is 1.19 bits per heavy atom. The number of nitrogens with two attached hydrogens (primary N) is 3. The fourth-order valence-electron chi connectivity index (χ4n) is 3.42. The number of carboxylic acids is 1. The molecule has 1 heterocycles. The predicted octanol–water partition coefficient (Wildman–Crippen LogP) is -3.31. The summed E-state index contributed by atoms with van der Waals surface area (Å²) in [4.78, 5) is 37.2. The number of hydrogen-bond acceptors (Lipinski definition) is 10. The number of ether oxygens (including phenoxy) is 2. The average molecular weight is 465 g/mol. The van der Waals surface area contributed by atoms with Crippen LogP contribution in [0.15, 0.2) is 0 Å². The Hall–Kier alpha value is -1.87. The van der Waals surface area contributed by atoms with Crippen molar-refractivity contribution in [1.29, 1.82) is 0 Å². The van der Waals surface area contributed by atoms with Gasteiger partial charge in [0.2, 0.25) is 11.8 Å². The van der Waals surface area contributed by atoms with Crippen LogP contribution in [0.2, 0.25) is 0 Å². The van der Waals surface area contributed by atoms with E-state index in [1.54, 1.807) is 13.8 Å². The smallest absolute Gasteiger partial charge is 0.303 e. The second kappa shape index (κ2) is 12.4. The summed E-state index contributed by atoms with van der Waals surface area (Å²) in [6, 6.07) is -3.39. The van der Waals surface area contributed by atoms with Crippen molar-refractivity contribution in [3.63, 3.8) is 0 Å². The lowest BCUT2D eigenvalue weighted by molar-refractivity contribution is -0.263. The number of aliphatic hydroxyl groups excluding tert-OH is 3. The van der Waals surface area contributed by atoms with Crippen molar-refractivity contribution in [2.45, 2.75) is 82.4 Å². The molecule has 8 atom stereocenters. The van der Waals surface area contributed by atoms with Gasteiger partial charge in [-0.25, -0.2) is 0 Å². The highest BCUT2D eigenvalue weighted by atomic mass is 16.6. The Labute approximate surface area is 186 Å². The summed E-state index contributed by atoms with van der Waals surface area (Å²) in [6.45, 7) is 4.15. The fourth-order valence-corrected chi connectivity index (χ4v) is 3.42. The van der Waals surface area contributed by atoms with Crippen molar-refractivity contribution in [3.05, 3.63) is 0 Å². The third kappa shape index (κ3) is 7.33. The van der Waals surface area contributed by atoms with Gasteiger partial charge in [-0.05, 0) is 19.3 Å². The second-order valence-corrected chi connectivity index (χ2v) is 8.34. The lowest BCUT2D eigenvalue weighted by atomic mass is 9.97. The van der Waals surface area contributed by atoms with E-state index in [9.17, 15) is 29.7 Å². The minimum Gasteiger partial charge on any atom is -0.481 e. The maximum absolute atomic E-state index is 13.0. The molecule has 0 aliphatic carbocycles. The van der Waals surface area contributed by atoms with Gasteiger partial charge in [0, 0.05) is 13.0 Å². The highest BCUT2D eigenvalue weighted by Crippen LogP contribution is 2.23. The molecule has 1 aliphatic heterocycles. The molecular weight excluding hydrogens is 428 g/mol. The molecule has 0 aromatic rings. The normalized spacial score (nSPS) is 28.7. The molecule has 13 heteroatoms. The van der Waals surface area contributed by atoms with E-state index in [1.165, 1.54) is 6.92 Å². The third-order valence-corrected chi connectivity index (χ3v) is 5.39. The first kappa shape index (κ1) is 28.2. The number of rotatable bonds is 12. The topological polar surface area (TPSA) is 232 Å². The summed E-state index contributed by atoms with van der Waals surface area (Å²) in [5.41, 5.74) is 17.3. The quantitative estimate of drug-likeness (QED) is 0.151. The molecule has 10 N–H and O–H groups in total. The maximum atomic E-state index is 13.0. The van der Waals surface area contributed by atoms with Gasteiger partial charge in [0.05, 0.1) is 24.8 Å². The van der Waals surface area contributed by atoms with E-state index in [-0.39, 0.29) is 18.9 Å². The Balaban J connectivity index is 3.09. The van der Waals surface area contributed by atoms with Crippen LogP contribution in [0.1, 0.15) is 33.6 Å². The van der Waals surface area contributed by atoms with Crippen LogP contribution in [-0.4, -0.2) is 105 Å². The zero-order chi connectivity index (χ0) is 24.7. The van der Waals surface area contributed by atoms with Gasteiger partial charge in [-0.15, -0.1) is 0 Å². The highest BCUT2D eigenvalue weighted by Gasteiger charge is 2.44. The molecule has 186 valence electrons. The standard InChI is InChI=1S/C19H36N4O9/c1-8(2)13(20)18(29)23(10(17(22)28)4-5-12(25)26)6-9(3)31-16-14(21)19(30)32-11(7-24)15(16)27/h8-11,13-16,19,24,27,30H,4-7,20-21H2,1-3H3,(H2,22,28)(H,25,26)/t9?,10-,11-,13+,14-,15-,16-,19+/m1/s1. The van der Waals surface area contributed by atoms with Gasteiger partial charge in [0.25, 0.3) is 0 Å². The van der Waals surface area contributed by atoms with E-state index in [0.29, 0.717) is 0 Å². The van der Waals surface area contributed by atoms with Crippen LogP contribution < -0.4 is 17.2 Å². The molecule has 1 fully saturated rings. The molecule has 1 saturated heterocycles. The summed E-state index contributed by atoms with van der Waals surface area (Å²) in [6.07, 6.45) is -6.65.